The monoisotopic (exact) mass is 273 g/mol. The Morgan fingerprint density at radius 3 is 2.75 bits per heavy atom. The van der Waals surface area contributed by atoms with E-state index in [0.717, 1.165) is 24.4 Å². The van der Waals surface area contributed by atoms with Crippen LogP contribution in [0, 0.1) is 5.82 Å². The lowest BCUT2D eigenvalue weighted by molar-refractivity contribution is 0.628. The zero-order chi connectivity index (χ0) is 14.1. The summed E-state index contributed by atoms with van der Waals surface area (Å²) in [6, 6.07) is 8.13. The van der Waals surface area contributed by atoms with E-state index >= 15 is 0 Å². The van der Waals surface area contributed by atoms with Gasteiger partial charge in [-0.3, -0.25) is 0 Å². The molecule has 0 unspecified atom stereocenters. The van der Waals surface area contributed by atoms with Gasteiger partial charge in [-0.15, -0.1) is 0 Å². The fraction of sp³-hybridized carbons (Fsp3) is 0.286. The summed E-state index contributed by atoms with van der Waals surface area (Å²) in [6.07, 6.45) is 2.22. The van der Waals surface area contributed by atoms with Gasteiger partial charge < -0.3 is 10.3 Å². The molecule has 2 aromatic rings. The van der Waals surface area contributed by atoms with Crippen LogP contribution in [0.4, 0.5) is 21.7 Å². The second-order valence-corrected chi connectivity index (χ2v) is 4.93. The van der Waals surface area contributed by atoms with Crippen LogP contribution in [0.3, 0.4) is 0 Å². The highest BCUT2D eigenvalue weighted by Crippen LogP contribution is 2.39. The Kier molecular flexibility index (Phi) is 3.23. The highest BCUT2D eigenvalue weighted by atomic mass is 19.1. The number of nitrogens with zero attached hydrogens (tertiary/aromatic N) is 3. The molecule has 1 aromatic heterocycles. The molecule has 1 saturated carbocycles. The first-order valence-corrected chi connectivity index (χ1v) is 6.52. The molecule has 0 radical (unpaired) electrons. The average molecular weight is 273 g/mol. The second kappa shape index (κ2) is 5.05. The van der Waals surface area contributed by atoms with Crippen molar-refractivity contribution in [2.75, 3.05) is 17.4 Å². The third-order valence-corrected chi connectivity index (χ3v) is 3.36. The van der Waals surface area contributed by atoms with E-state index < -0.39 is 0 Å². The van der Waals surface area contributed by atoms with Gasteiger partial charge in [0.15, 0.2) is 0 Å². The van der Waals surface area contributed by atoms with E-state index in [-0.39, 0.29) is 5.82 Å². The SMILES string of the molecule is CN(c1cccc(F)c1)c1cc(NN)nc(C2CC2)n1. The normalized spacial score (nSPS) is 14.2. The molecule has 0 aliphatic heterocycles. The van der Waals surface area contributed by atoms with Crippen molar-refractivity contribution in [3.8, 4) is 0 Å². The fourth-order valence-corrected chi connectivity index (χ4v) is 2.04. The van der Waals surface area contributed by atoms with Gasteiger partial charge in [-0.2, -0.15) is 0 Å². The van der Waals surface area contributed by atoms with Crippen LogP contribution in [-0.2, 0) is 0 Å². The molecule has 0 saturated heterocycles. The van der Waals surface area contributed by atoms with Crippen LogP contribution in [0.25, 0.3) is 0 Å². The van der Waals surface area contributed by atoms with E-state index in [9.17, 15) is 4.39 Å². The third kappa shape index (κ3) is 2.55. The van der Waals surface area contributed by atoms with Crippen LogP contribution < -0.4 is 16.2 Å². The van der Waals surface area contributed by atoms with Crippen LogP contribution >= 0.6 is 0 Å². The maximum absolute atomic E-state index is 13.3. The molecule has 0 bridgehead atoms. The molecule has 1 aromatic carbocycles. The van der Waals surface area contributed by atoms with E-state index in [1.54, 1.807) is 12.1 Å². The van der Waals surface area contributed by atoms with Crippen LogP contribution in [0.1, 0.15) is 24.6 Å². The van der Waals surface area contributed by atoms with Crippen molar-refractivity contribution in [2.45, 2.75) is 18.8 Å². The van der Waals surface area contributed by atoms with Crippen molar-refractivity contribution in [3.63, 3.8) is 0 Å². The molecule has 1 aliphatic carbocycles. The first kappa shape index (κ1) is 12.8. The molecule has 1 aliphatic rings. The fourth-order valence-electron chi connectivity index (χ4n) is 2.04. The van der Waals surface area contributed by atoms with Crippen molar-refractivity contribution in [1.29, 1.82) is 0 Å². The number of hydrogen-bond acceptors (Lipinski definition) is 5. The lowest BCUT2D eigenvalue weighted by atomic mass is 10.3. The van der Waals surface area contributed by atoms with Crippen molar-refractivity contribution >= 4 is 17.3 Å². The number of hydrogen-bond donors (Lipinski definition) is 2. The van der Waals surface area contributed by atoms with Crippen molar-refractivity contribution in [2.24, 2.45) is 5.84 Å². The summed E-state index contributed by atoms with van der Waals surface area (Å²) in [5, 5.41) is 0. The minimum atomic E-state index is -0.275. The van der Waals surface area contributed by atoms with E-state index in [1.165, 1.54) is 12.1 Å². The molecule has 20 heavy (non-hydrogen) atoms. The number of aromatic nitrogens is 2. The zero-order valence-corrected chi connectivity index (χ0v) is 11.2. The molecule has 0 spiro atoms. The van der Waals surface area contributed by atoms with Gasteiger partial charge in [0.25, 0.3) is 0 Å². The first-order chi connectivity index (χ1) is 9.67. The van der Waals surface area contributed by atoms with Crippen LogP contribution in [0.2, 0.25) is 0 Å². The summed E-state index contributed by atoms with van der Waals surface area (Å²) in [4.78, 5) is 10.7. The molecule has 0 atom stereocenters. The molecule has 0 amide bonds. The van der Waals surface area contributed by atoms with Crippen LogP contribution in [0.15, 0.2) is 30.3 Å². The molecule has 1 fully saturated rings. The first-order valence-electron chi connectivity index (χ1n) is 6.52. The molecular formula is C14H16FN5. The van der Waals surface area contributed by atoms with E-state index in [1.807, 2.05) is 18.0 Å². The Morgan fingerprint density at radius 2 is 2.10 bits per heavy atom. The molecule has 6 heteroatoms. The minimum Gasteiger partial charge on any atom is -0.329 e. The predicted molar refractivity (Wildman–Crippen MR) is 76.3 cm³/mol. The Hall–Kier alpha value is -2.21. The van der Waals surface area contributed by atoms with Gasteiger partial charge in [0.2, 0.25) is 0 Å². The number of hydrazine groups is 1. The largest absolute Gasteiger partial charge is 0.329 e. The van der Waals surface area contributed by atoms with Gasteiger partial charge >= 0.3 is 0 Å². The molecule has 5 nitrogen and oxygen atoms in total. The van der Waals surface area contributed by atoms with E-state index in [4.69, 9.17) is 5.84 Å². The van der Waals surface area contributed by atoms with Gasteiger partial charge in [0.1, 0.15) is 23.3 Å². The lowest BCUT2D eigenvalue weighted by Gasteiger charge is -2.19. The summed E-state index contributed by atoms with van der Waals surface area (Å²) in [7, 11) is 1.84. The number of anilines is 3. The third-order valence-electron chi connectivity index (χ3n) is 3.36. The van der Waals surface area contributed by atoms with Crippen molar-refractivity contribution in [3.05, 3.63) is 42.0 Å². The lowest BCUT2D eigenvalue weighted by Crippen LogP contribution is -2.16. The van der Waals surface area contributed by atoms with Gasteiger partial charge in [-0.1, -0.05) is 6.07 Å². The topological polar surface area (TPSA) is 67.1 Å². The summed E-state index contributed by atoms with van der Waals surface area (Å²) < 4.78 is 13.3. The quantitative estimate of drug-likeness (QED) is 0.662. The molecule has 3 N–H and O–H groups in total. The van der Waals surface area contributed by atoms with E-state index in [0.29, 0.717) is 17.6 Å². The number of nitrogen functional groups attached to an aromatic ring is 1. The van der Waals surface area contributed by atoms with Gasteiger partial charge in [0, 0.05) is 24.7 Å². The van der Waals surface area contributed by atoms with Crippen molar-refractivity contribution < 1.29 is 4.39 Å². The number of nitrogens with one attached hydrogen (secondary N) is 1. The van der Waals surface area contributed by atoms with E-state index in [2.05, 4.69) is 15.4 Å². The zero-order valence-electron chi connectivity index (χ0n) is 11.2. The smallest absolute Gasteiger partial charge is 0.145 e. The van der Waals surface area contributed by atoms with Gasteiger partial charge in [-0.05, 0) is 31.0 Å². The highest BCUT2D eigenvalue weighted by Gasteiger charge is 2.27. The second-order valence-electron chi connectivity index (χ2n) is 4.93. The summed E-state index contributed by atoms with van der Waals surface area (Å²) in [6.45, 7) is 0. The average Bonchev–Trinajstić information content (AvgIpc) is 3.30. The van der Waals surface area contributed by atoms with Crippen LogP contribution in [0.5, 0.6) is 0 Å². The number of halogens is 1. The Labute approximate surface area is 116 Å². The predicted octanol–water partition coefficient (Wildman–Crippen LogP) is 2.55. The number of rotatable bonds is 4. The molecular weight excluding hydrogens is 257 g/mol. The Balaban J connectivity index is 1.97. The van der Waals surface area contributed by atoms with Gasteiger partial charge in [0.05, 0.1) is 0 Å². The summed E-state index contributed by atoms with van der Waals surface area (Å²) in [5.41, 5.74) is 3.29. The highest BCUT2D eigenvalue weighted by molar-refractivity contribution is 5.61. The minimum absolute atomic E-state index is 0.275. The van der Waals surface area contributed by atoms with Crippen molar-refractivity contribution in [1.82, 2.24) is 9.97 Å². The Bertz CT molecular complexity index is 627. The van der Waals surface area contributed by atoms with Gasteiger partial charge in [-0.25, -0.2) is 20.2 Å². The van der Waals surface area contributed by atoms with Crippen LogP contribution in [-0.4, -0.2) is 17.0 Å². The summed E-state index contributed by atoms with van der Waals surface area (Å²) >= 11 is 0. The number of benzene rings is 1. The molecule has 3 rings (SSSR count). The molecule has 104 valence electrons. The maximum atomic E-state index is 13.3. The molecule has 1 heterocycles. The number of nitrogens with two attached hydrogens (primary N) is 1. The maximum Gasteiger partial charge on any atom is 0.145 e. The standard InChI is InChI=1S/C14H16FN5/c1-20(11-4-2-3-10(15)7-11)13-8-12(19-16)17-14(18-13)9-5-6-9/h2-4,7-9H,5-6,16H2,1H3,(H,17,18,19). The Morgan fingerprint density at radius 1 is 1.30 bits per heavy atom. The summed E-state index contributed by atoms with van der Waals surface area (Å²) in [5.74, 6) is 7.65.